The first-order valence-electron chi connectivity index (χ1n) is 7.78. The highest BCUT2D eigenvalue weighted by molar-refractivity contribution is 6.01. The average Bonchev–Trinajstić information content (AvgIpc) is 2.97. The Kier molecular flexibility index (Phi) is 5.08. The molecule has 3 rings (SSSR count). The number of amides is 2. The number of hydrogen-bond donors (Lipinski definition) is 2. The zero-order valence-electron chi connectivity index (χ0n) is 13.5. The molecule has 124 valence electrons. The number of benzene rings is 1. The molecule has 2 heterocycles. The number of pyridine rings is 1. The van der Waals surface area contributed by atoms with E-state index >= 15 is 0 Å². The molecule has 0 spiro atoms. The molecule has 0 unspecified atom stereocenters. The van der Waals surface area contributed by atoms with E-state index in [-0.39, 0.29) is 6.03 Å². The van der Waals surface area contributed by atoms with Crippen molar-refractivity contribution in [2.24, 2.45) is 0 Å². The number of methoxy groups -OCH3 is 1. The zero-order valence-corrected chi connectivity index (χ0v) is 13.5. The molecule has 6 heteroatoms. The SMILES string of the molecule is COCCn1cc(NC(=O)NCc2cccnc2)c2ccccc21. The van der Waals surface area contributed by atoms with Crippen molar-refractivity contribution in [1.82, 2.24) is 14.9 Å². The quantitative estimate of drug-likeness (QED) is 0.732. The van der Waals surface area contributed by atoms with Crippen LogP contribution in [0.2, 0.25) is 0 Å². The summed E-state index contributed by atoms with van der Waals surface area (Å²) in [5.41, 5.74) is 2.80. The van der Waals surface area contributed by atoms with E-state index in [1.165, 1.54) is 0 Å². The van der Waals surface area contributed by atoms with Gasteiger partial charge in [0.05, 0.1) is 17.8 Å². The number of nitrogens with zero attached hydrogens (tertiary/aromatic N) is 2. The lowest BCUT2D eigenvalue weighted by Crippen LogP contribution is -2.28. The monoisotopic (exact) mass is 324 g/mol. The van der Waals surface area contributed by atoms with E-state index < -0.39 is 0 Å². The van der Waals surface area contributed by atoms with Crippen LogP contribution in [0.5, 0.6) is 0 Å². The lowest BCUT2D eigenvalue weighted by atomic mass is 10.2. The number of hydrogen-bond acceptors (Lipinski definition) is 3. The molecule has 3 aromatic rings. The maximum Gasteiger partial charge on any atom is 0.319 e. The highest BCUT2D eigenvalue weighted by Gasteiger charge is 2.10. The first-order chi connectivity index (χ1) is 11.8. The minimum atomic E-state index is -0.242. The van der Waals surface area contributed by atoms with Gasteiger partial charge in [0, 0.05) is 44.2 Å². The highest BCUT2D eigenvalue weighted by atomic mass is 16.5. The van der Waals surface area contributed by atoms with Crippen molar-refractivity contribution in [3.05, 3.63) is 60.6 Å². The van der Waals surface area contributed by atoms with Crippen LogP contribution in [0.25, 0.3) is 10.9 Å². The molecule has 0 aliphatic carbocycles. The molecule has 2 amide bonds. The van der Waals surface area contributed by atoms with E-state index in [0.29, 0.717) is 13.2 Å². The summed E-state index contributed by atoms with van der Waals surface area (Å²) < 4.78 is 7.23. The lowest BCUT2D eigenvalue weighted by molar-refractivity contribution is 0.188. The van der Waals surface area contributed by atoms with Gasteiger partial charge in [-0.15, -0.1) is 0 Å². The Balaban J connectivity index is 1.71. The molecule has 2 N–H and O–H groups in total. The van der Waals surface area contributed by atoms with Crippen molar-refractivity contribution in [2.45, 2.75) is 13.1 Å². The molecule has 24 heavy (non-hydrogen) atoms. The van der Waals surface area contributed by atoms with Crippen molar-refractivity contribution < 1.29 is 9.53 Å². The largest absolute Gasteiger partial charge is 0.383 e. The first-order valence-corrected chi connectivity index (χ1v) is 7.78. The number of rotatable bonds is 6. The summed E-state index contributed by atoms with van der Waals surface area (Å²) in [4.78, 5) is 16.2. The molecular weight excluding hydrogens is 304 g/mol. The molecule has 0 saturated heterocycles. The predicted molar refractivity (Wildman–Crippen MR) is 93.9 cm³/mol. The van der Waals surface area contributed by atoms with Crippen LogP contribution in [0.15, 0.2) is 55.0 Å². The Labute approximate surface area is 140 Å². The Morgan fingerprint density at radius 1 is 1.25 bits per heavy atom. The number of carbonyl (C=O) groups excluding carboxylic acids is 1. The van der Waals surface area contributed by atoms with Crippen LogP contribution in [0.1, 0.15) is 5.56 Å². The summed E-state index contributed by atoms with van der Waals surface area (Å²) in [5.74, 6) is 0. The van der Waals surface area contributed by atoms with Crippen LogP contribution in [-0.4, -0.2) is 29.3 Å². The third-order valence-electron chi connectivity index (χ3n) is 3.75. The van der Waals surface area contributed by atoms with E-state index in [4.69, 9.17) is 4.74 Å². The predicted octanol–water partition coefficient (Wildman–Crippen LogP) is 3.00. The van der Waals surface area contributed by atoms with Gasteiger partial charge in [-0.2, -0.15) is 0 Å². The maximum absolute atomic E-state index is 12.2. The molecule has 2 aromatic heterocycles. The Bertz CT molecular complexity index is 814. The Morgan fingerprint density at radius 2 is 2.12 bits per heavy atom. The Hall–Kier alpha value is -2.86. The standard InChI is InChI=1S/C18H20N4O2/c1-24-10-9-22-13-16(15-6-2-3-7-17(15)22)21-18(23)20-12-14-5-4-8-19-11-14/h2-8,11,13H,9-10,12H2,1H3,(H2,20,21,23). The third kappa shape index (κ3) is 3.72. The molecule has 0 fully saturated rings. The normalized spacial score (nSPS) is 10.7. The van der Waals surface area contributed by atoms with Gasteiger partial charge in [-0.3, -0.25) is 4.98 Å². The van der Waals surface area contributed by atoms with Gasteiger partial charge in [-0.05, 0) is 17.7 Å². The van der Waals surface area contributed by atoms with Crippen LogP contribution in [0.4, 0.5) is 10.5 Å². The van der Waals surface area contributed by atoms with Crippen molar-refractivity contribution in [2.75, 3.05) is 19.0 Å². The van der Waals surface area contributed by atoms with Crippen LogP contribution in [0, 0.1) is 0 Å². The fraction of sp³-hybridized carbons (Fsp3) is 0.222. The van der Waals surface area contributed by atoms with E-state index in [0.717, 1.165) is 28.7 Å². The van der Waals surface area contributed by atoms with Crippen molar-refractivity contribution in [1.29, 1.82) is 0 Å². The molecule has 0 aliphatic heterocycles. The van der Waals surface area contributed by atoms with E-state index in [1.807, 2.05) is 42.6 Å². The highest BCUT2D eigenvalue weighted by Crippen LogP contribution is 2.25. The van der Waals surface area contributed by atoms with E-state index in [2.05, 4.69) is 20.2 Å². The van der Waals surface area contributed by atoms with Gasteiger partial charge in [-0.1, -0.05) is 24.3 Å². The summed E-state index contributed by atoms with van der Waals surface area (Å²) in [6, 6.07) is 11.5. The maximum atomic E-state index is 12.2. The van der Waals surface area contributed by atoms with E-state index in [1.54, 1.807) is 19.5 Å². The number of fused-ring (bicyclic) bond motifs is 1. The molecule has 0 radical (unpaired) electrons. The van der Waals surface area contributed by atoms with Gasteiger partial charge in [0.15, 0.2) is 0 Å². The van der Waals surface area contributed by atoms with Gasteiger partial charge in [-0.25, -0.2) is 4.79 Å². The average molecular weight is 324 g/mol. The number of aromatic nitrogens is 2. The van der Waals surface area contributed by atoms with Crippen LogP contribution >= 0.6 is 0 Å². The summed E-state index contributed by atoms with van der Waals surface area (Å²) in [7, 11) is 1.68. The van der Waals surface area contributed by atoms with Gasteiger partial charge in [0.2, 0.25) is 0 Å². The van der Waals surface area contributed by atoms with E-state index in [9.17, 15) is 4.79 Å². The van der Waals surface area contributed by atoms with Gasteiger partial charge < -0.3 is 19.9 Å². The van der Waals surface area contributed by atoms with Crippen LogP contribution in [-0.2, 0) is 17.8 Å². The molecule has 1 aromatic carbocycles. The molecule has 6 nitrogen and oxygen atoms in total. The number of anilines is 1. The molecule has 0 aliphatic rings. The molecule has 0 saturated carbocycles. The van der Waals surface area contributed by atoms with Crippen molar-refractivity contribution in [3.63, 3.8) is 0 Å². The summed E-state index contributed by atoms with van der Waals surface area (Å²) in [6.45, 7) is 1.78. The topological polar surface area (TPSA) is 68.2 Å². The second-order valence-electron chi connectivity index (χ2n) is 5.42. The van der Waals surface area contributed by atoms with Crippen molar-refractivity contribution in [3.8, 4) is 0 Å². The van der Waals surface area contributed by atoms with Crippen molar-refractivity contribution >= 4 is 22.6 Å². The van der Waals surface area contributed by atoms with Crippen LogP contribution < -0.4 is 10.6 Å². The third-order valence-corrected chi connectivity index (χ3v) is 3.75. The summed E-state index contributed by atoms with van der Waals surface area (Å²) in [6.07, 6.45) is 5.38. The fourth-order valence-electron chi connectivity index (χ4n) is 2.57. The fourth-order valence-corrected chi connectivity index (χ4v) is 2.57. The van der Waals surface area contributed by atoms with Crippen LogP contribution in [0.3, 0.4) is 0 Å². The number of para-hydroxylation sites is 1. The summed E-state index contributed by atoms with van der Waals surface area (Å²) >= 11 is 0. The lowest BCUT2D eigenvalue weighted by Gasteiger charge is -2.06. The van der Waals surface area contributed by atoms with Gasteiger partial charge in [0.1, 0.15) is 0 Å². The minimum absolute atomic E-state index is 0.242. The molecule has 0 bridgehead atoms. The number of carbonyl (C=O) groups is 1. The smallest absolute Gasteiger partial charge is 0.319 e. The number of ether oxygens (including phenoxy) is 1. The minimum Gasteiger partial charge on any atom is -0.383 e. The summed E-state index contributed by atoms with van der Waals surface area (Å²) in [5, 5.41) is 6.77. The van der Waals surface area contributed by atoms with Gasteiger partial charge >= 0.3 is 6.03 Å². The zero-order chi connectivity index (χ0) is 16.8. The first kappa shape index (κ1) is 16.0. The second-order valence-corrected chi connectivity index (χ2v) is 5.42. The Morgan fingerprint density at radius 3 is 2.92 bits per heavy atom. The van der Waals surface area contributed by atoms with Gasteiger partial charge in [0.25, 0.3) is 0 Å². The number of urea groups is 1. The molecular formula is C18H20N4O2. The molecule has 0 atom stereocenters. The second kappa shape index (κ2) is 7.61. The number of nitrogens with one attached hydrogen (secondary N) is 2.